The summed E-state index contributed by atoms with van der Waals surface area (Å²) in [6.45, 7) is 1.86. The van der Waals surface area contributed by atoms with E-state index in [0.717, 1.165) is 22.5 Å². The number of para-hydroxylation sites is 1. The molecule has 7 nitrogen and oxygen atoms in total. The number of nitrogens with one attached hydrogen (secondary N) is 1. The number of benzene rings is 2. The molecular formula is C22H18N4O3. The third kappa shape index (κ3) is 3.05. The lowest BCUT2D eigenvalue weighted by molar-refractivity contribution is 0.0600. The van der Waals surface area contributed by atoms with E-state index < -0.39 is 17.8 Å². The number of carbonyl (C=O) groups excluding carboxylic acids is 1. The Bertz CT molecular complexity index is 1130. The summed E-state index contributed by atoms with van der Waals surface area (Å²) in [6.07, 6.45) is 0. The van der Waals surface area contributed by atoms with Gasteiger partial charge >= 0.3 is 5.97 Å². The van der Waals surface area contributed by atoms with Crippen LogP contribution in [0, 0.1) is 29.6 Å². The number of nitrogens with zero attached hydrogens (tertiary/aromatic N) is 3. The number of methoxy groups -OCH3 is 1. The summed E-state index contributed by atoms with van der Waals surface area (Å²) in [4.78, 5) is 11.7. The predicted molar refractivity (Wildman–Crippen MR) is 105 cm³/mol. The van der Waals surface area contributed by atoms with E-state index in [4.69, 9.17) is 14.9 Å². The highest BCUT2D eigenvalue weighted by molar-refractivity contribution is 5.89. The van der Waals surface area contributed by atoms with Gasteiger partial charge in [-0.05, 0) is 36.8 Å². The monoisotopic (exact) mass is 386 g/mol. The van der Waals surface area contributed by atoms with E-state index in [2.05, 4.69) is 11.2 Å². The van der Waals surface area contributed by atoms with E-state index in [1.165, 1.54) is 7.11 Å². The number of fused-ring (bicyclic) bond motifs is 1. The smallest absolute Gasteiger partial charge is 0.337 e. The fourth-order valence-corrected chi connectivity index (χ4v) is 3.64. The van der Waals surface area contributed by atoms with Crippen molar-refractivity contribution in [3.8, 4) is 17.6 Å². The van der Waals surface area contributed by atoms with Crippen molar-refractivity contribution in [2.75, 3.05) is 7.11 Å². The Kier molecular flexibility index (Phi) is 4.61. The first-order chi connectivity index (χ1) is 14.0. The van der Waals surface area contributed by atoms with Crippen molar-refractivity contribution in [3.05, 3.63) is 77.0 Å². The second-order valence-electron chi connectivity index (χ2n) is 6.72. The zero-order valence-corrected chi connectivity index (χ0v) is 15.9. The molecule has 0 bridgehead atoms. The van der Waals surface area contributed by atoms with Gasteiger partial charge in [-0.25, -0.2) is 9.48 Å². The number of hydrogen-bond donors (Lipinski definition) is 1. The molecule has 0 spiro atoms. The Morgan fingerprint density at radius 2 is 1.90 bits per heavy atom. The topological polar surface area (TPSA) is 101 Å². The van der Waals surface area contributed by atoms with E-state index in [1.54, 1.807) is 28.9 Å². The van der Waals surface area contributed by atoms with Crippen molar-refractivity contribution >= 4 is 11.9 Å². The van der Waals surface area contributed by atoms with Crippen LogP contribution in [0.3, 0.4) is 0 Å². The van der Waals surface area contributed by atoms with Gasteiger partial charge in [0.25, 0.3) is 0 Å². The maximum Gasteiger partial charge on any atom is 0.337 e. The van der Waals surface area contributed by atoms with Crippen LogP contribution in [0.4, 0.5) is 0 Å². The van der Waals surface area contributed by atoms with Crippen molar-refractivity contribution < 1.29 is 14.3 Å². The molecule has 144 valence electrons. The normalized spacial score (nSPS) is 17.8. The Balaban J connectivity index is 1.87. The van der Waals surface area contributed by atoms with Crippen LogP contribution in [0.25, 0.3) is 5.69 Å². The second-order valence-corrected chi connectivity index (χ2v) is 6.72. The second kappa shape index (κ2) is 7.24. The molecule has 0 aliphatic carbocycles. The molecular weight excluding hydrogens is 368 g/mol. The molecule has 4 rings (SSSR count). The number of carbonyl (C=O) groups is 1. The molecule has 1 aliphatic heterocycles. The lowest BCUT2D eigenvalue weighted by atomic mass is 9.79. The Morgan fingerprint density at radius 1 is 1.21 bits per heavy atom. The van der Waals surface area contributed by atoms with Gasteiger partial charge < -0.3 is 9.47 Å². The predicted octanol–water partition coefficient (Wildman–Crippen LogP) is 3.61. The Labute approximate surface area is 167 Å². The average molecular weight is 386 g/mol. The van der Waals surface area contributed by atoms with E-state index in [1.807, 2.05) is 37.3 Å². The molecule has 2 unspecified atom stereocenters. The minimum Gasteiger partial charge on any atom is -0.465 e. The van der Waals surface area contributed by atoms with Gasteiger partial charge in [0.2, 0.25) is 11.8 Å². The highest BCUT2D eigenvalue weighted by Gasteiger charge is 2.41. The quantitative estimate of drug-likeness (QED) is 0.693. The summed E-state index contributed by atoms with van der Waals surface area (Å²) in [6, 6.07) is 18.6. The van der Waals surface area contributed by atoms with Gasteiger partial charge in [0.05, 0.1) is 30.1 Å². The van der Waals surface area contributed by atoms with E-state index >= 15 is 0 Å². The standard InChI is InChI=1S/C22H18N4O3/c1-13-18-19(14-8-10-15(11-9-14)22(27)28-2)17(12-23)20(24)29-21(18)26(25-13)16-6-4-3-5-7-16/h3-11,17,19,24H,1-2H3. The summed E-state index contributed by atoms with van der Waals surface area (Å²) >= 11 is 0. The fourth-order valence-electron chi connectivity index (χ4n) is 3.64. The Hall–Kier alpha value is -3.92. The number of aryl methyl sites for hydroxylation is 1. The number of ether oxygens (including phenoxy) is 2. The Morgan fingerprint density at radius 3 is 2.52 bits per heavy atom. The van der Waals surface area contributed by atoms with Gasteiger partial charge in [-0.2, -0.15) is 10.4 Å². The van der Waals surface area contributed by atoms with Crippen molar-refractivity contribution in [1.82, 2.24) is 9.78 Å². The van der Waals surface area contributed by atoms with Gasteiger partial charge in [-0.1, -0.05) is 30.3 Å². The van der Waals surface area contributed by atoms with Crippen LogP contribution in [-0.2, 0) is 4.74 Å². The number of nitriles is 1. The van der Waals surface area contributed by atoms with Gasteiger partial charge in [-0.15, -0.1) is 0 Å². The molecule has 2 aromatic carbocycles. The van der Waals surface area contributed by atoms with Crippen molar-refractivity contribution in [2.45, 2.75) is 12.8 Å². The molecule has 1 aromatic heterocycles. The number of aromatic nitrogens is 2. The fraction of sp³-hybridized carbons (Fsp3) is 0.182. The molecule has 0 saturated heterocycles. The molecule has 0 fully saturated rings. The molecule has 2 heterocycles. The molecule has 0 amide bonds. The SMILES string of the molecule is COC(=O)c1ccc(C2c3c(C)nn(-c4ccccc4)c3OC(=N)C2C#N)cc1. The minimum absolute atomic E-state index is 0.126. The first kappa shape index (κ1) is 18.4. The van der Waals surface area contributed by atoms with Crippen LogP contribution >= 0.6 is 0 Å². The first-order valence-electron chi connectivity index (χ1n) is 9.04. The highest BCUT2D eigenvalue weighted by Crippen LogP contribution is 2.44. The van der Waals surface area contributed by atoms with Crippen molar-refractivity contribution in [2.24, 2.45) is 5.92 Å². The third-order valence-corrected chi connectivity index (χ3v) is 5.03. The lowest BCUT2D eigenvalue weighted by Gasteiger charge is -2.28. The van der Waals surface area contributed by atoms with Crippen LogP contribution in [0.2, 0.25) is 0 Å². The van der Waals surface area contributed by atoms with Gasteiger partial charge in [0.15, 0.2) is 0 Å². The third-order valence-electron chi connectivity index (χ3n) is 5.03. The highest BCUT2D eigenvalue weighted by atomic mass is 16.5. The van der Waals surface area contributed by atoms with E-state index in [0.29, 0.717) is 11.4 Å². The molecule has 29 heavy (non-hydrogen) atoms. The van der Waals surface area contributed by atoms with Crippen LogP contribution in [0.1, 0.15) is 33.1 Å². The molecule has 2 atom stereocenters. The molecule has 1 aliphatic rings. The van der Waals surface area contributed by atoms with Crippen LogP contribution in [0.15, 0.2) is 54.6 Å². The molecule has 0 radical (unpaired) electrons. The maximum atomic E-state index is 11.7. The van der Waals surface area contributed by atoms with Crippen molar-refractivity contribution in [3.63, 3.8) is 0 Å². The van der Waals surface area contributed by atoms with Gasteiger partial charge in [0.1, 0.15) is 5.92 Å². The summed E-state index contributed by atoms with van der Waals surface area (Å²) in [5.41, 5.74) is 3.51. The summed E-state index contributed by atoms with van der Waals surface area (Å²) in [5.74, 6) is -1.34. The molecule has 0 saturated carbocycles. The number of hydrogen-bond acceptors (Lipinski definition) is 6. The van der Waals surface area contributed by atoms with Crippen LogP contribution < -0.4 is 4.74 Å². The number of rotatable bonds is 3. The number of esters is 1. The zero-order valence-electron chi connectivity index (χ0n) is 15.9. The lowest BCUT2D eigenvalue weighted by Crippen LogP contribution is -2.31. The molecule has 7 heteroatoms. The zero-order chi connectivity index (χ0) is 20.5. The average Bonchev–Trinajstić information content (AvgIpc) is 3.08. The van der Waals surface area contributed by atoms with Crippen molar-refractivity contribution in [1.29, 1.82) is 10.7 Å². The largest absolute Gasteiger partial charge is 0.465 e. The van der Waals surface area contributed by atoms with Crippen LogP contribution in [0.5, 0.6) is 5.88 Å². The van der Waals surface area contributed by atoms with E-state index in [-0.39, 0.29) is 5.90 Å². The molecule has 3 aromatic rings. The molecule has 1 N–H and O–H groups in total. The first-order valence-corrected chi connectivity index (χ1v) is 9.04. The van der Waals surface area contributed by atoms with Gasteiger partial charge in [-0.3, -0.25) is 5.41 Å². The van der Waals surface area contributed by atoms with E-state index in [9.17, 15) is 10.1 Å². The summed E-state index contributed by atoms with van der Waals surface area (Å²) in [5, 5.41) is 22.7. The summed E-state index contributed by atoms with van der Waals surface area (Å²) in [7, 11) is 1.33. The van der Waals surface area contributed by atoms with Gasteiger partial charge in [0, 0.05) is 11.5 Å². The van der Waals surface area contributed by atoms with Crippen LogP contribution in [-0.4, -0.2) is 28.8 Å². The maximum absolute atomic E-state index is 11.7. The minimum atomic E-state index is -0.793. The summed E-state index contributed by atoms with van der Waals surface area (Å²) < 4.78 is 12.2.